The third-order valence-electron chi connectivity index (χ3n) is 3.30. The Hall–Kier alpha value is -1.56. The lowest BCUT2D eigenvalue weighted by atomic mass is 9.91. The quantitative estimate of drug-likeness (QED) is 0.596. The molecule has 0 spiro atoms. The van der Waals surface area contributed by atoms with E-state index in [4.69, 9.17) is 0 Å². The first-order valence-corrected chi connectivity index (χ1v) is 8.51. The van der Waals surface area contributed by atoms with Crippen LogP contribution in [0.15, 0.2) is 22.5 Å². The topological polar surface area (TPSA) is 56.7 Å². The standard InChI is InChI=1S/C16H28N4OS/c1-6-9-17-15(18-11-14(21)20(4)5)19-12-16(2,3)13-8-7-10-22-13/h7-8,10H,6,9,11-12H2,1-5H3,(H2,17,18,19). The van der Waals surface area contributed by atoms with Crippen molar-refractivity contribution in [3.8, 4) is 0 Å². The van der Waals surface area contributed by atoms with Crippen molar-refractivity contribution in [1.82, 2.24) is 15.5 Å². The van der Waals surface area contributed by atoms with Crippen LogP contribution in [-0.2, 0) is 10.2 Å². The van der Waals surface area contributed by atoms with E-state index in [9.17, 15) is 4.79 Å². The molecule has 22 heavy (non-hydrogen) atoms. The molecule has 1 aromatic heterocycles. The van der Waals surface area contributed by atoms with Gasteiger partial charge in [-0.15, -0.1) is 11.3 Å². The van der Waals surface area contributed by atoms with Gasteiger partial charge in [-0.25, -0.2) is 4.99 Å². The summed E-state index contributed by atoms with van der Waals surface area (Å²) >= 11 is 1.76. The summed E-state index contributed by atoms with van der Waals surface area (Å²) in [5.41, 5.74) is 0.0222. The first kappa shape index (κ1) is 18.5. The summed E-state index contributed by atoms with van der Waals surface area (Å²) in [5.74, 6) is 0.691. The van der Waals surface area contributed by atoms with Gasteiger partial charge in [-0.05, 0) is 17.9 Å². The van der Waals surface area contributed by atoms with Gasteiger partial charge in [0.1, 0.15) is 6.54 Å². The molecule has 1 amide bonds. The largest absolute Gasteiger partial charge is 0.356 e. The molecule has 1 rings (SSSR count). The molecule has 0 fully saturated rings. The minimum Gasteiger partial charge on any atom is -0.356 e. The molecule has 1 heterocycles. The molecule has 0 aromatic carbocycles. The Bertz CT molecular complexity index is 480. The van der Waals surface area contributed by atoms with Crippen LogP contribution in [0.3, 0.4) is 0 Å². The highest BCUT2D eigenvalue weighted by Gasteiger charge is 2.22. The number of guanidine groups is 1. The van der Waals surface area contributed by atoms with E-state index in [0.717, 1.165) is 19.5 Å². The lowest BCUT2D eigenvalue weighted by Gasteiger charge is -2.25. The number of hydrogen-bond donors (Lipinski definition) is 2. The van der Waals surface area contributed by atoms with Gasteiger partial charge in [-0.3, -0.25) is 4.79 Å². The Labute approximate surface area is 137 Å². The van der Waals surface area contributed by atoms with Gasteiger partial charge in [0, 0.05) is 37.5 Å². The zero-order chi connectivity index (χ0) is 16.6. The van der Waals surface area contributed by atoms with Crippen molar-refractivity contribution in [1.29, 1.82) is 0 Å². The van der Waals surface area contributed by atoms with Crippen molar-refractivity contribution >= 4 is 23.2 Å². The van der Waals surface area contributed by atoms with Gasteiger partial charge in [-0.2, -0.15) is 0 Å². The van der Waals surface area contributed by atoms with Gasteiger partial charge in [-0.1, -0.05) is 26.8 Å². The van der Waals surface area contributed by atoms with Crippen molar-refractivity contribution in [3.63, 3.8) is 0 Å². The minimum absolute atomic E-state index is 0.00452. The van der Waals surface area contributed by atoms with Gasteiger partial charge in [0.25, 0.3) is 0 Å². The van der Waals surface area contributed by atoms with E-state index in [0.29, 0.717) is 5.96 Å². The fourth-order valence-electron chi connectivity index (χ4n) is 1.76. The molecule has 2 N–H and O–H groups in total. The fourth-order valence-corrected chi connectivity index (χ4v) is 2.61. The van der Waals surface area contributed by atoms with E-state index in [1.807, 2.05) is 0 Å². The van der Waals surface area contributed by atoms with Crippen molar-refractivity contribution in [2.45, 2.75) is 32.6 Å². The number of carbonyl (C=O) groups excluding carboxylic acids is 1. The summed E-state index contributed by atoms with van der Waals surface area (Å²) in [6, 6.07) is 4.22. The molecule has 1 aromatic rings. The minimum atomic E-state index is -0.00452. The summed E-state index contributed by atoms with van der Waals surface area (Å²) < 4.78 is 0. The normalized spacial score (nSPS) is 12.1. The molecule has 0 aliphatic rings. The van der Waals surface area contributed by atoms with E-state index in [2.05, 4.69) is 53.9 Å². The summed E-state index contributed by atoms with van der Waals surface area (Å²) in [6.07, 6.45) is 1.01. The summed E-state index contributed by atoms with van der Waals surface area (Å²) in [6.45, 7) is 8.26. The Morgan fingerprint density at radius 2 is 2.09 bits per heavy atom. The highest BCUT2D eigenvalue weighted by Crippen LogP contribution is 2.26. The van der Waals surface area contributed by atoms with Crippen LogP contribution in [0.25, 0.3) is 0 Å². The number of carbonyl (C=O) groups is 1. The van der Waals surface area contributed by atoms with Crippen molar-refractivity contribution in [2.24, 2.45) is 4.99 Å². The predicted octanol–water partition coefficient (Wildman–Crippen LogP) is 2.06. The lowest BCUT2D eigenvalue weighted by Crippen LogP contribution is -2.44. The number of rotatable bonds is 7. The van der Waals surface area contributed by atoms with Crippen LogP contribution < -0.4 is 10.6 Å². The van der Waals surface area contributed by atoms with E-state index in [1.54, 1.807) is 30.3 Å². The third-order valence-corrected chi connectivity index (χ3v) is 4.54. The second-order valence-corrected chi connectivity index (χ2v) is 7.04. The molecule has 0 radical (unpaired) electrons. The molecule has 0 saturated heterocycles. The number of nitrogens with one attached hydrogen (secondary N) is 2. The van der Waals surface area contributed by atoms with Gasteiger partial charge in [0.15, 0.2) is 5.96 Å². The van der Waals surface area contributed by atoms with Crippen LogP contribution in [-0.4, -0.2) is 50.5 Å². The molecular formula is C16H28N4OS. The highest BCUT2D eigenvalue weighted by molar-refractivity contribution is 7.10. The van der Waals surface area contributed by atoms with Crippen LogP contribution >= 0.6 is 11.3 Å². The predicted molar refractivity (Wildman–Crippen MR) is 94.6 cm³/mol. The van der Waals surface area contributed by atoms with Gasteiger partial charge < -0.3 is 15.5 Å². The number of likely N-dealkylation sites (N-methyl/N-ethyl adjacent to an activating group) is 1. The summed E-state index contributed by atoms with van der Waals surface area (Å²) in [5, 5.41) is 8.70. The monoisotopic (exact) mass is 324 g/mol. The molecule has 0 aliphatic carbocycles. The number of hydrogen-bond acceptors (Lipinski definition) is 3. The van der Waals surface area contributed by atoms with Crippen LogP contribution in [0, 0.1) is 0 Å². The van der Waals surface area contributed by atoms with Crippen molar-refractivity contribution in [3.05, 3.63) is 22.4 Å². The average Bonchev–Trinajstić information content (AvgIpc) is 3.01. The van der Waals surface area contributed by atoms with Crippen LogP contribution in [0.2, 0.25) is 0 Å². The Balaban J connectivity index is 2.64. The SMILES string of the molecule is CCCNC(=NCC(=O)N(C)C)NCC(C)(C)c1cccs1. The number of aliphatic imine (C=N–C) groups is 1. The van der Waals surface area contributed by atoms with Gasteiger partial charge in [0.05, 0.1) is 0 Å². The average molecular weight is 324 g/mol. The first-order valence-electron chi connectivity index (χ1n) is 7.63. The van der Waals surface area contributed by atoms with Gasteiger partial charge in [0.2, 0.25) is 5.91 Å². The maximum absolute atomic E-state index is 11.7. The van der Waals surface area contributed by atoms with Crippen molar-refractivity contribution in [2.75, 3.05) is 33.7 Å². The fraction of sp³-hybridized carbons (Fsp3) is 0.625. The van der Waals surface area contributed by atoms with E-state index < -0.39 is 0 Å². The third kappa shape index (κ3) is 6.05. The molecule has 0 saturated carbocycles. The Morgan fingerprint density at radius 1 is 1.36 bits per heavy atom. The van der Waals surface area contributed by atoms with E-state index in [1.165, 1.54) is 4.88 Å². The number of nitrogens with zero attached hydrogens (tertiary/aromatic N) is 2. The summed E-state index contributed by atoms with van der Waals surface area (Å²) in [4.78, 5) is 18.9. The first-order chi connectivity index (χ1) is 10.4. The van der Waals surface area contributed by atoms with Crippen LogP contribution in [0.1, 0.15) is 32.1 Å². The lowest BCUT2D eigenvalue weighted by molar-refractivity contribution is -0.127. The molecule has 124 valence electrons. The van der Waals surface area contributed by atoms with Crippen molar-refractivity contribution < 1.29 is 4.79 Å². The maximum atomic E-state index is 11.7. The van der Waals surface area contributed by atoms with E-state index >= 15 is 0 Å². The second kappa shape index (κ2) is 8.78. The molecule has 5 nitrogen and oxygen atoms in total. The van der Waals surface area contributed by atoms with Crippen LogP contribution in [0.4, 0.5) is 0 Å². The molecular weight excluding hydrogens is 296 g/mol. The molecule has 0 unspecified atom stereocenters. The molecule has 6 heteroatoms. The Morgan fingerprint density at radius 3 is 2.64 bits per heavy atom. The smallest absolute Gasteiger partial charge is 0.243 e. The molecule has 0 atom stereocenters. The zero-order valence-electron chi connectivity index (χ0n) is 14.3. The Kier molecular flexibility index (Phi) is 7.38. The maximum Gasteiger partial charge on any atom is 0.243 e. The zero-order valence-corrected chi connectivity index (χ0v) is 15.1. The second-order valence-electron chi connectivity index (χ2n) is 6.09. The van der Waals surface area contributed by atoms with Gasteiger partial charge >= 0.3 is 0 Å². The molecule has 0 aliphatic heterocycles. The molecule has 0 bridgehead atoms. The number of thiophene rings is 1. The summed E-state index contributed by atoms with van der Waals surface area (Å²) in [7, 11) is 3.48. The van der Waals surface area contributed by atoms with E-state index in [-0.39, 0.29) is 17.9 Å². The van der Waals surface area contributed by atoms with Crippen LogP contribution in [0.5, 0.6) is 0 Å². The number of amides is 1. The highest BCUT2D eigenvalue weighted by atomic mass is 32.1.